The first-order valence-electron chi connectivity index (χ1n) is 8.64. The molecular formula is C19H19F3N4O3. The van der Waals surface area contributed by atoms with E-state index in [1.54, 1.807) is 48.5 Å². The minimum atomic E-state index is -4.49. The normalized spacial score (nSPS) is 11.3. The Labute approximate surface area is 164 Å². The van der Waals surface area contributed by atoms with E-state index in [2.05, 4.69) is 10.1 Å². The highest BCUT2D eigenvalue weighted by molar-refractivity contribution is 5.59. The number of alkyl halides is 3. The summed E-state index contributed by atoms with van der Waals surface area (Å²) in [4.78, 5) is 4.13. The lowest BCUT2D eigenvalue weighted by Crippen LogP contribution is -2.19. The van der Waals surface area contributed by atoms with E-state index in [-0.39, 0.29) is 6.01 Å². The molecule has 0 radical (unpaired) electrons. The molecule has 0 fully saturated rings. The van der Waals surface area contributed by atoms with Crippen molar-refractivity contribution in [2.45, 2.75) is 6.18 Å². The van der Waals surface area contributed by atoms with Gasteiger partial charge in [-0.3, -0.25) is 0 Å². The van der Waals surface area contributed by atoms with Crippen LogP contribution in [-0.2, 0) is 0 Å². The molecule has 10 heteroatoms. The summed E-state index contributed by atoms with van der Waals surface area (Å²) in [6.45, 7) is -0.727. The Morgan fingerprint density at radius 1 is 0.966 bits per heavy atom. The first-order valence-corrected chi connectivity index (χ1v) is 8.64. The van der Waals surface area contributed by atoms with Gasteiger partial charge in [0.05, 0.1) is 12.8 Å². The first-order chi connectivity index (χ1) is 13.9. The third-order valence-electron chi connectivity index (χ3n) is 3.77. The maximum atomic E-state index is 12.5. The zero-order valence-corrected chi connectivity index (χ0v) is 15.5. The number of nitrogens with two attached hydrogens (primary N) is 1. The number of nitrogens with zero attached hydrogens (tertiary/aromatic N) is 3. The Morgan fingerprint density at radius 3 is 2.21 bits per heavy atom. The molecule has 2 N–H and O–H groups in total. The van der Waals surface area contributed by atoms with Crippen LogP contribution in [0.4, 0.5) is 13.2 Å². The molecule has 0 bridgehead atoms. The van der Waals surface area contributed by atoms with Crippen LogP contribution in [0.3, 0.4) is 0 Å². The zero-order valence-electron chi connectivity index (χ0n) is 15.5. The summed E-state index contributed by atoms with van der Waals surface area (Å²) in [7, 11) is 1.53. The number of halogens is 3. The topological polar surface area (TPSA) is 84.4 Å². The van der Waals surface area contributed by atoms with Crippen LogP contribution in [0.25, 0.3) is 17.1 Å². The number of aromatic nitrogens is 3. The molecule has 1 heterocycles. The van der Waals surface area contributed by atoms with E-state index in [0.29, 0.717) is 41.7 Å². The summed E-state index contributed by atoms with van der Waals surface area (Å²) < 4.78 is 54.2. The van der Waals surface area contributed by atoms with Gasteiger partial charge in [0.2, 0.25) is 0 Å². The second-order valence-electron chi connectivity index (χ2n) is 5.89. The summed E-state index contributed by atoms with van der Waals surface area (Å²) in [6.07, 6.45) is -4.49. The van der Waals surface area contributed by atoms with Crippen molar-refractivity contribution >= 4 is 0 Å². The first kappa shape index (κ1) is 20.5. The van der Waals surface area contributed by atoms with Crippen LogP contribution in [-0.4, -0.2) is 47.8 Å². The molecule has 0 unspecified atom stereocenters. The van der Waals surface area contributed by atoms with Gasteiger partial charge in [-0.25, -0.2) is 4.68 Å². The molecule has 0 saturated carbocycles. The van der Waals surface area contributed by atoms with E-state index in [0.717, 1.165) is 0 Å². The highest BCUT2D eigenvalue weighted by atomic mass is 19.4. The van der Waals surface area contributed by atoms with Crippen molar-refractivity contribution in [1.29, 1.82) is 0 Å². The molecule has 7 nitrogen and oxygen atoms in total. The highest BCUT2D eigenvalue weighted by Crippen LogP contribution is 2.27. The summed E-state index contributed by atoms with van der Waals surface area (Å²) in [6, 6.07) is 13.3. The second kappa shape index (κ2) is 8.82. The minimum absolute atomic E-state index is 0.317. The van der Waals surface area contributed by atoms with Gasteiger partial charge in [-0.1, -0.05) is 0 Å². The van der Waals surface area contributed by atoms with Crippen LogP contribution < -0.4 is 19.9 Å². The smallest absolute Gasteiger partial charge is 0.422 e. The molecule has 2 aromatic carbocycles. The van der Waals surface area contributed by atoms with Crippen LogP contribution in [0.5, 0.6) is 17.5 Å². The fraction of sp³-hybridized carbons (Fsp3) is 0.263. The van der Waals surface area contributed by atoms with Gasteiger partial charge in [0, 0.05) is 12.1 Å². The molecule has 154 valence electrons. The van der Waals surface area contributed by atoms with Gasteiger partial charge in [0.25, 0.3) is 0 Å². The molecular weight excluding hydrogens is 389 g/mol. The van der Waals surface area contributed by atoms with Crippen molar-refractivity contribution in [2.75, 3.05) is 26.9 Å². The van der Waals surface area contributed by atoms with Crippen LogP contribution in [0.2, 0.25) is 0 Å². The van der Waals surface area contributed by atoms with Gasteiger partial charge in [0.15, 0.2) is 12.4 Å². The molecule has 29 heavy (non-hydrogen) atoms. The molecule has 0 aliphatic rings. The summed E-state index contributed by atoms with van der Waals surface area (Å²) >= 11 is 0. The lowest BCUT2D eigenvalue weighted by atomic mass is 10.2. The van der Waals surface area contributed by atoms with Gasteiger partial charge in [-0.2, -0.15) is 18.2 Å². The van der Waals surface area contributed by atoms with Gasteiger partial charge in [-0.15, -0.1) is 5.10 Å². The highest BCUT2D eigenvalue weighted by Gasteiger charge is 2.29. The predicted octanol–water partition coefficient (Wildman–Crippen LogP) is 3.22. The van der Waals surface area contributed by atoms with E-state index in [1.807, 2.05) is 0 Å². The fourth-order valence-corrected chi connectivity index (χ4v) is 2.47. The molecule has 1 aromatic heterocycles. The molecule has 0 aliphatic carbocycles. The quantitative estimate of drug-likeness (QED) is 0.616. The van der Waals surface area contributed by atoms with Gasteiger partial charge >= 0.3 is 12.2 Å². The number of methoxy groups -OCH3 is 1. The molecule has 3 rings (SSSR count). The number of benzene rings is 2. The van der Waals surface area contributed by atoms with E-state index in [1.165, 1.54) is 11.8 Å². The molecule has 0 saturated heterocycles. The fourth-order valence-electron chi connectivity index (χ4n) is 2.47. The summed E-state index contributed by atoms with van der Waals surface area (Å²) in [5, 5.41) is 4.08. The Kier molecular flexibility index (Phi) is 6.23. The third-order valence-corrected chi connectivity index (χ3v) is 3.77. The number of ether oxygens (including phenoxy) is 3. The number of hydrogen-bond donors (Lipinski definition) is 1. The van der Waals surface area contributed by atoms with E-state index < -0.39 is 12.8 Å². The maximum absolute atomic E-state index is 12.5. The summed E-state index contributed by atoms with van der Waals surface area (Å²) in [5.41, 5.74) is 6.62. The second-order valence-corrected chi connectivity index (χ2v) is 5.89. The van der Waals surface area contributed by atoms with Gasteiger partial charge < -0.3 is 19.9 Å². The predicted molar refractivity (Wildman–Crippen MR) is 99.4 cm³/mol. The Balaban J connectivity index is 1.95. The number of hydrogen-bond acceptors (Lipinski definition) is 6. The van der Waals surface area contributed by atoms with Crippen molar-refractivity contribution in [3.63, 3.8) is 0 Å². The van der Waals surface area contributed by atoms with Crippen LogP contribution in [0, 0.1) is 0 Å². The van der Waals surface area contributed by atoms with Crippen molar-refractivity contribution in [1.82, 2.24) is 14.8 Å². The van der Waals surface area contributed by atoms with Crippen molar-refractivity contribution < 1.29 is 27.4 Å². The molecule has 0 spiro atoms. The van der Waals surface area contributed by atoms with E-state index >= 15 is 0 Å². The van der Waals surface area contributed by atoms with E-state index in [9.17, 15) is 13.2 Å². The van der Waals surface area contributed by atoms with Crippen LogP contribution >= 0.6 is 0 Å². The molecule has 0 amide bonds. The van der Waals surface area contributed by atoms with Crippen molar-refractivity contribution in [3.05, 3.63) is 48.5 Å². The Bertz CT molecular complexity index is 925. The average Bonchev–Trinajstić information content (AvgIpc) is 3.15. The van der Waals surface area contributed by atoms with Crippen molar-refractivity contribution in [2.24, 2.45) is 5.73 Å². The molecule has 0 aliphatic heterocycles. The van der Waals surface area contributed by atoms with Gasteiger partial charge in [0.1, 0.15) is 18.1 Å². The SMILES string of the molecule is COc1ccc(-n2nc(OCC(F)(F)F)nc2-c2ccc(OCCN)cc2)cc1. The summed E-state index contributed by atoms with van der Waals surface area (Å²) in [5.74, 6) is 1.56. The minimum Gasteiger partial charge on any atom is -0.497 e. The standard InChI is InChI=1S/C19H19F3N4O3/c1-27-15-8-4-14(5-9-15)26-17(24-18(25-26)29-12-19(20,21)22)13-2-6-16(7-3-13)28-11-10-23/h2-9H,10-12,23H2,1H3. The average molecular weight is 408 g/mol. The van der Waals surface area contributed by atoms with Gasteiger partial charge in [-0.05, 0) is 48.5 Å². The van der Waals surface area contributed by atoms with Crippen molar-refractivity contribution in [3.8, 4) is 34.6 Å². The maximum Gasteiger partial charge on any atom is 0.422 e. The monoisotopic (exact) mass is 408 g/mol. The largest absolute Gasteiger partial charge is 0.497 e. The Hall–Kier alpha value is -3.27. The third kappa shape index (κ3) is 5.38. The lowest BCUT2D eigenvalue weighted by molar-refractivity contribution is -0.154. The zero-order chi connectivity index (χ0) is 20.9. The van der Waals surface area contributed by atoms with Crippen LogP contribution in [0.15, 0.2) is 48.5 Å². The molecule has 0 atom stereocenters. The number of rotatable bonds is 8. The lowest BCUT2D eigenvalue weighted by Gasteiger charge is -2.08. The van der Waals surface area contributed by atoms with E-state index in [4.69, 9.17) is 19.9 Å². The Morgan fingerprint density at radius 2 is 1.62 bits per heavy atom. The molecule has 3 aromatic rings. The van der Waals surface area contributed by atoms with Crippen LogP contribution in [0.1, 0.15) is 0 Å².